The molecule has 0 radical (unpaired) electrons. The average Bonchev–Trinajstić information content (AvgIpc) is 3.21. The van der Waals surface area contributed by atoms with E-state index in [0.29, 0.717) is 41.5 Å². The summed E-state index contributed by atoms with van der Waals surface area (Å²) in [6, 6.07) is 3.54. The Morgan fingerprint density at radius 2 is 1.93 bits per heavy atom. The first-order valence-corrected chi connectivity index (χ1v) is 9.91. The molecule has 0 aliphatic heterocycles. The third kappa shape index (κ3) is 5.12. The Balaban J connectivity index is 1.68. The normalized spacial score (nSPS) is 10.8. The van der Waals surface area contributed by atoms with E-state index in [1.165, 1.54) is 0 Å². The van der Waals surface area contributed by atoms with E-state index in [1.54, 1.807) is 31.8 Å². The highest BCUT2D eigenvalue weighted by molar-refractivity contribution is 6.33. The van der Waals surface area contributed by atoms with Crippen LogP contribution in [0.1, 0.15) is 41.8 Å². The predicted molar refractivity (Wildman–Crippen MR) is 113 cm³/mol. The predicted octanol–water partition coefficient (Wildman–Crippen LogP) is 4.48. The maximum atomic E-state index is 12.1. The molecule has 152 valence electrons. The van der Waals surface area contributed by atoms with Crippen LogP contribution in [0.15, 0.2) is 36.9 Å². The van der Waals surface area contributed by atoms with Gasteiger partial charge in [-0.05, 0) is 43.0 Å². The van der Waals surface area contributed by atoms with Gasteiger partial charge in [0.2, 0.25) is 5.95 Å². The highest BCUT2D eigenvalue weighted by atomic mass is 35.5. The molecule has 0 aliphatic carbocycles. The first kappa shape index (κ1) is 20.8. The van der Waals surface area contributed by atoms with E-state index in [1.807, 2.05) is 30.8 Å². The lowest BCUT2D eigenvalue weighted by molar-refractivity contribution is 0.0987. The summed E-state index contributed by atoms with van der Waals surface area (Å²) in [5.74, 6) is 1.09. The van der Waals surface area contributed by atoms with Crippen molar-refractivity contribution in [3.05, 3.63) is 58.6 Å². The summed E-state index contributed by atoms with van der Waals surface area (Å²) >= 11 is 6.44. The lowest BCUT2D eigenvalue weighted by Gasteiger charge is -2.12. The third-order valence-electron chi connectivity index (χ3n) is 4.58. The summed E-state index contributed by atoms with van der Waals surface area (Å²) in [5, 5.41) is 7.88. The van der Waals surface area contributed by atoms with Gasteiger partial charge in [-0.25, -0.2) is 9.97 Å². The number of aryl methyl sites for hydroxylation is 3. The molecule has 3 rings (SSSR count). The van der Waals surface area contributed by atoms with Gasteiger partial charge in [-0.2, -0.15) is 5.10 Å². The number of carbonyl (C=O) groups excluding carboxylic acids is 1. The van der Waals surface area contributed by atoms with Gasteiger partial charge >= 0.3 is 0 Å². The van der Waals surface area contributed by atoms with Crippen LogP contribution in [0, 0.1) is 0 Å². The minimum Gasteiger partial charge on any atom is -0.495 e. The molecule has 2 aromatic heterocycles. The molecule has 1 N–H and O–H groups in total. The van der Waals surface area contributed by atoms with Crippen molar-refractivity contribution in [2.24, 2.45) is 0 Å². The Hall–Kier alpha value is -2.93. The van der Waals surface area contributed by atoms with Crippen LogP contribution >= 0.6 is 11.6 Å². The molecule has 3 aromatic rings. The molecule has 0 spiro atoms. The van der Waals surface area contributed by atoms with Crippen LogP contribution < -0.4 is 10.1 Å². The van der Waals surface area contributed by atoms with E-state index in [4.69, 9.17) is 16.3 Å². The van der Waals surface area contributed by atoms with Crippen molar-refractivity contribution >= 4 is 29.0 Å². The first-order valence-electron chi connectivity index (χ1n) is 9.54. The molecule has 0 atom stereocenters. The molecule has 29 heavy (non-hydrogen) atoms. The van der Waals surface area contributed by atoms with Gasteiger partial charge in [0, 0.05) is 37.1 Å². The third-order valence-corrected chi connectivity index (χ3v) is 5.01. The number of benzene rings is 1. The zero-order valence-corrected chi connectivity index (χ0v) is 17.5. The molecule has 1 aromatic carbocycles. The summed E-state index contributed by atoms with van der Waals surface area (Å²) < 4.78 is 7.16. The summed E-state index contributed by atoms with van der Waals surface area (Å²) in [5.41, 5.74) is 3.31. The number of nitrogens with one attached hydrogen (secondary N) is 1. The van der Waals surface area contributed by atoms with Crippen LogP contribution in [-0.4, -0.2) is 32.6 Å². The molecule has 0 amide bonds. The molecule has 2 heterocycles. The van der Waals surface area contributed by atoms with Crippen LogP contribution in [0.5, 0.6) is 5.75 Å². The van der Waals surface area contributed by atoms with E-state index in [9.17, 15) is 4.79 Å². The molecule has 7 nitrogen and oxygen atoms in total. The monoisotopic (exact) mass is 413 g/mol. The minimum atomic E-state index is 0.0615. The minimum absolute atomic E-state index is 0.0615. The zero-order valence-electron chi connectivity index (χ0n) is 16.8. The van der Waals surface area contributed by atoms with Gasteiger partial charge in [0.05, 0.1) is 24.0 Å². The number of hydrogen-bond donors (Lipinski definition) is 1. The number of Topliss-reactive ketones (excluding diaryl/α,β-unsaturated/α-hetero) is 1. The molecular formula is C21H24ClN5O2. The molecule has 0 unspecified atom stereocenters. The number of nitrogens with zero attached hydrogens (tertiary/aromatic N) is 4. The number of carbonyl (C=O) groups is 1. The fraction of sp³-hybridized carbons (Fsp3) is 0.333. The van der Waals surface area contributed by atoms with Gasteiger partial charge in [-0.3, -0.25) is 9.48 Å². The van der Waals surface area contributed by atoms with E-state index in [2.05, 4.69) is 20.4 Å². The van der Waals surface area contributed by atoms with Gasteiger partial charge in [0.25, 0.3) is 0 Å². The summed E-state index contributed by atoms with van der Waals surface area (Å²) in [6.07, 6.45) is 8.99. The quantitative estimate of drug-likeness (QED) is 0.521. The number of aromatic nitrogens is 4. The standard InChI is InChI=1S/C21H24ClN5O2/c1-4-18(28)16-8-15(20(22)19(9-16)29-3)7-6-14-10-23-21(24-11-14)26-17-12-25-27(5-2)13-17/h8-13H,4-7H2,1-3H3,(H,23,24,26). The van der Waals surface area contributed by atoms with Crippen molar-refractivity contribution in [2.75, 3.05) is 12.4 Å². The van der Waals surface area contributed by atoms with Crippen molar-refractivity contribution in [3.63, 3.8) is 0 Å². The largest absolute Gasteiger partial charge is 0.495 e. The number of ether oxygens (including phenoxy) is 1. The van der Waals surface area contributed by atoms with Crippen molar-refractivity contribution in [1.29, 1.82) is 0 Å². The van der Waals surface area contributed by atoms with E-state index < -0.39 is 0 Å². The fourth-order valence-electron chi connectivity index (χ4n) is 2.91. The Morgan fingerprint density at radius 3 is 2.55 bits per heavy atom. The number of hydrogen-bond acceptors (Lipinski definition) is 6. The maximum Gasteiger partial charge on any atom is 0.227 e. The lowest BCUT2D eigenvalue weighted by atomic mass is 10.0. The van der Waals surface area contributed by atoms with Gasteiger partial charge in [-0.1, -0.05) is 18.5 Å². The number of methoxy groups -OCH3 is 1. The van der Waals surface area contributed by atoms with Crippen molar-refractivity contribution < 1.29 is 9.53 Å². The zero-order chi connectivity index (χ0) is 20.8. The van der Waals surface area contributed by atoms with Crippen LogP contribution in [0.2, 0.25) is 5.02 Å². The second kappa shape index (κ2) is 9.52. The highest BCUT2D eigenvalue weighted by Crippen LogP contribution is 2.31. The highest BCUT2D eigenvalue weighted by Gasteiger charge is 2.13. The molecular weight excluding hydrogens is 390 g/mol. The first-order chi connectivity index (χ1) is 14.0. The topological polar surface area (TPSA) is 81.9 Å². The summed E-state index contributed by atoms with van der Waals surface area (Å²) in [4.78, 5) is 20.8. The van der Waals surface area contributed by atoms with Gasteiger partial charge < -0.3 is 10.1 Å². The van der Waals surface area contributed by atoms with Crippen LogP contribution in [-0.2, 0) is 19.4 Å². The Kier molecular flexibility index (Phi) is 6.82. The Labute approximate surface area is 175 Å². The fourth-order valence-corrected chi connectivity index (χ4v) is 3.19. The molecule has 8 heteroatoms. The molecule has 0 aliphatic rings. The smallest absolute Gasteiger partial charge is 0.227 e. The maximum absolute atomic E-state index is 12.1. The summed E-state index contributed by atoms with van der Waals surface area (Å²) in [6.45, 7) is 4.67. The van der Waals surface area contributed by atoms with Crippen LogP contribution in [0.25, 0.3) is 0 Å². The molecule has 0 saturated carbocycles. The van der Waals surface area contributed by atoms with Gasteiger partial charge in [0.15, 0.2) is 5.78 Å². The van der Waals surface area contributed by atoms with Crippen molar-refractivity contribution in [1.82, 2.24) is 19.7 Å². The van der Waals surface area contributed by atoms with Crippen LogP contribution in [0.3, 0.4) is 0 Å². The van der Waals surface area contributed by atoms with E-state index >= 15 is 0 Å². The van der Waals surface area contributed by atoms with Crippen molar-refractivity contribution in [3.8, 4) is 5.75 Å². The second-order valence-electron chi connectivity index (χ2n) is 6.55. The van der Waals surface area contributed by atoms with Crippen LogP contribution in [0.4, 0.5) is 11.6 Å². The molecule has 0 bridgehead atoms. The number of anilines is 2. The molecule has 0 fully saturated rings. The van der Waals surface area contributed by atoms with E-state index in [-0.39, 0.29) is 5.78 Å². The Morgan fingerprint density at radius 1 is 1.17 bits per heavy atom. The number of ketones is 1. The SMILES string of the molecule is CCC(=O)c1cc(CCc2cnc(Nc3cnn(CC)c3)nc2)c(Cl)c(OC)c1. The Bertz CT molecular complexity index is 985. The molecule has 0 saturated heterocycles. The lowest BCUT2D eigenvalue weighted by Crippen LogP contribution is -2.03. The van der Waals surface area contributed by atoms with Crippen molar-refractivity contribution in [2.45, 2.75) is 39.7 Å². The number of rotatable bonds is 9. The number of halogens is 1. The second-order valence-corrected chi connectivity index (χ2v) is 6.93. The van der Waals surface area contributed by atoms with Gasteiger partial charge in [0.1, 0.15) is 5.75 Å². The average molecular weight is 414 g/mol. The van der Waals surface area contributed by atoms with E-state index in [0.717, 1.165) is 23.4 Å². The summed E-state index contributed by atoms with van der Waals surface area (Å²) in [7, 11) is 1.55. The van der Waals surface area contributed by atoms with Gasteiger partial charge in [-0.15, -0.1) is 0 Å².